The molecular weight excluding hydrogens is 330 g/mol. The molecule has 6 heteroatoms. The topological polar surface area (TPSA) is 42.7 Å². The number of benzene rings is 1. The average Bonchev–Trinajstić information content (AvgIpc) is 3.17. The fourth-order valence-electron chi connectivity index (χ4n) is 2.05. The number of amides is 1. The number of allylic oxidation sites excluding steroid dienone is 2. The average molecular weight is 343 g/mol. The SMILES string of the molecule is COc1ccc(N2C(=O)/C(=C\C=C\c3ccco3)SC2=S)cc1. The van der Waals surface area contributed by atoms with Crippen LogP contribution in [0.25, 0.3) is 6.08 Å². The third-order valence-corrected chi connectivity index (χ3v) is 4.50. The predicted octanol–water partition coefficient (Wildman–Crippen LogP) is 4.25. The van der Waals surface area contributed by atoms with Gasteiger partial charge in [-0.1, -0.05) is 30.1 Å². The Morgan fingerprint density at radius 2 is 2.04 bits per heavy atom. The van der Waals surface area contributed by atoms with Crippen molar-refractivity contribution in [1.82, 2.24) is 0 Å². The lowest BCUT2D eigenvalue weighted by atomic mass is 10.2. The first-order chi connectivity index (χ1) is 11.2. The summed E-state index contributed by atoms with van der Waals surface area (Å²) in [5, 5.41) is 0. The second kappa shape index (κ2) is 6.85. The van der Waals surface area contributed by atoms with E-state index in [1.807, 2.05) is 24.3 Å². The van der Waals surface area contributed by atoms with Crippen molar-refractivity contribution in [3.05, 3.63) is 65.5 Å². The van der Waals surface area contributed by atoms with Crippen molar-refractivity contribution in [3.63, 3.8) is 0 Å². The lowest BCUT2D eigenvalue weighted by molar-refractivity contribution is -0.113. The van der Waals surface area contributed by atoms with Gasteiger partial charge >= 0.3 is 0 Å². The van der Waals surface area contributed by atoms with Crippen molar-refractivity contribution in [3.8, 4) is 5.75 Å². The first kappa shape index (κ1) is 15.6. The highest BCUT2D eigenvalue weighted by molar-refractivity contribution is 8.27. The molecule has 1 aliphatic rings. The van der Waals surface area contributed by atoms with Crippen LogP contribution < -0.4 is 9.64 Å². The van der Waals surface area contributed by atoms with E-state index < -0.39 is 0 Å². The number of anilines is 1. The number of ether oxygens (including phenoxy) is 1. The lowest BCUT2D eigenvalue weighted by Crippen LogP contribution is -2.27. The van der Waals surface area contributed by atoms with E-state index in [0.717, 1.165) is 17.2 Å². The Labute approximate surface area is 143 Å². The monoisotopic (exact) mass is 343 g/mol. The van der Waals surface area contributed by atoms with Gasteiger partial charge in [-0.05, 0) is 48.6 Å². The Morgan fingerprint density at radius 3 is 2.70 bits per heavy atom. The van der Waals surface area contributed by atoms with Gasteiger partial charge in [0.05, 0.1) is 24.0 Å². The van der Waals surface area contributed by atoms with Crippen LogP contribution in [-0.2, 0) is 4.79 Å². The van der Waals surface area contributed by atoms with Gasteiger partial charge in [0.25, 0.3) is 5.91 Å². The molecule has 1 aromatic heterocycles. The van der Waals surface area contributed by atoms with E-state index in [1.165, 1.54) is 16.7 Å². The molecule has 0 N–H and O–H groups in total. The van der Waals surface area contributed by atoms with E-state index >= 15 is 0 Å². The zero-order chi connectivity index (χ0) is 16.2. The summed E-state index contributed by atoms with van der Waals surface area (Å²) in [6.07, 6.45) is 6.91. The summed E-state index contributed by atoms with van der Waals surface area (Å²) in [6, 6.07) is 10.9. The maximum Gasteiger partial charge on any atom is 0.270 e. The van der Waals surface area contributed by atoms with Gasteiger partial charge in [0.1, 0.15) is 11.5 Å². The van der Waals surface area contributed by atoms with E-state index in [-0.39, 0.29) is 5.91 Å². The number of thiocarbonyl (C=S) groups is 1. The molecule has 116 valence electrons. The molecule has 0 spiro atoms. The maximum absolute atomic E-state index is 12.5. The highest BCUT2D eigenvalue weighted by Gasteiger charge is 2.32. The summed E-state index contributed by atoms with van der Waals surface area (Å²) >= 11 is 6.60. The first-order valence-electron chi connectivity index (χ1n) is 6.81. The van der Waals surface area contributed by atoms with Gasteiger partial charge in [-0.2, -0.15) is 0 Å². The van der Waals surface area contributed by atoms with Gasteiger partial charge in [-0.3, -0.25) is 9.69 Å². The highest BCUT2D eigenvalue weighted by Crippen LogP contribution is 2.35. The number of methoxy groups -OCH3 is 1. The smallest absolute Gasteiger partial charge is 0.270 e. The summed E-state index contributed by atoms with van der Waals surface area (Å²) in [5.74, 6) is 1.33. The van der Waals surface area contributed by atoms with Gasteiger partial charge in [-0.25, -0.2) is 0 Å². The van der Waals surface area contributed by atoms with Crippen molar-refractivity contribution in [2.75, 3.05) is 12.0 Å². The van der Waals surface area contributed by atoms with Gasteiger partial charge in [-0.15, -0.1) is 0 Å². The number of carbonyl (C=O) groups excluding carboxylic acids is 1. The van der Waals surface area contributed by atoms with Crippen LogP contribution in [0.4, 0.5) is 5.69 Å². The molecule has 1 amide bonds. The molecule has 2 aromatic rings. The van der Waals surface area contributed by atoms with Crippen LogP contribution in [-0.4, -0.2) is 17.3 Å². The molecule has 1 aromatic carbocycles. The normalized spacial score (nSPS) is 16.7. The van der Waals surface area contributed by atoms with Crippen molar-refractivity contribution in [2.45, 2.75) is 0 Å². The number of furan rings is 1. The molecule has 4 nitrogen and oxygen atoms in total. The minimum atomic E-state index is -0.130. The van der Waals surface area contributed by atoms with Crippen LogP contribution in [0.15, 0.2) is 64.1 Å². The summed E-state index contributed by atoms with van der Waals surface area (Å²) in [6.45, 7) is 0. The quantitative estimate of drug-likeness (QED) is 0.613. The molecule has 0 radical (unpaired) electrons. The number of hydrogen-bond acceptors (Lipinski definition) is 5. The second-order valence-electron chi connectivity index (χ2n) is 4.61. The number of nitrogens with zero attached hydrogens (tertiary/aromatic N) is 1. The summed E-state index contributed by atoms with van der Waals surface area (Å²) < 4.78 is 10.8. The third-order valence-electron chi connectivity index (χ3n) is 3.18. The minimum absolute atomic E-state index is 0.130. The first-order valence-corrected chi connectivity index (χ1v) is 8.03. The van der Waals surface area contributed by atoms with E-state index in [0.29, 0.717) is 9.23 Å². The predicted molar refractivity (Wildman–Crippen MR) is 96.5 cm³/mol. The Kier molecular flexibility index (Phi) is 4.64. The summed E-state index contributed by atoms with van der Waals surface area (Å²) in [4.78, 5) is 14.6. The standard InChI is InChI=1S/C17H13NO3S2/c1-20-13-9-7-12(8-10-13)18-16(19)15(23-17(18)22)6-2-4-14-5-3-11-21-14/h2-11H,1H3/b4-2+,15-6+. The van der Waals surface area contributed by atoms with Crippen molar-refractivity contribution in [1.29, 1.82) is 0 Å². The summed E-state index contributed by atoms with van der Waals surface area (Å²) in [7, 11) is 1.60. The van der Waals surface area contributed by atoms with Crippen LogP contribution >= 0.6 is 24.0 Å². The lowest BCUT2D eigenvalue weighted by Gasteiger charge is -2.14. The fourth-order valence-corrected chi connectivity index (χ4v) is 3.30. The molecule has 23 heavy (non-hydrogen) atoms. The Hall–Kier alpha value is -2.31. The van der Waals surface area contributed by atoms with Crippen molar-refractivity contribution in [2.24, 2.45) is 0 Å². The minimum Gasteiger partial charge on any atom is -0.497 e. The van der Waals surface area contributed by atoms with E-state index in [2.05, 4.69) is 0 Å². The molecule has 2 heterocycles. The second-order valence-corrected chi connectivity index (χ2v) is 6.29. The van der Waals surface area contributed by atoms with Gasteiger partial charge in [0, 0.05) is 0 Å². The Bertz CT molecular complexity index is 777. The van der Waals surface area contributed by atoms with Gasteiger partial charge in [0.2, 0.25) is 0 Å². The molecule has 3 rings (SSSR count). The number of rotatable bonds is 4. The maximum atomic E-state index is 12.5. The zero-order valence-corrected chi connectivity index (χ0v) is 13.9. The molecule has 1 saturated heterocycles. The molecule has 0 bridgehead atoms. The van der Waals surface area contributed by atoms with Crippen molar-refractivity contribution < 1.29 is 13.9 Å². The Balaban J connectivity index is 1.79. The number of hydrogen-bond donors (Lipinski definition) is 0. The van der Waals surface area contributed by atoms with Crippen LogP contribution in [0.2, 0.25) is 0 Å². The van der Waals surface area contributed by atoms with Gasteiger partial charge in [0.15, 0.2) is 4.32 Å². The summed E-state index contributed by atoms with van der Waals surface area (Å²) in [5.41, 5.74) is 0.728. The molecule has 0 saturated carbocycles. The van der Waals surface area contributed by atoms with Crippen LogP contribution in [0.1, 0.15) is 5.76 Å². The molecule has 1 fully saturated rings. The van der Waals surface area contributed by atoms with Crippen LogP contribution in [0.5, 0.6) is 5.75 Å². The molecular formula is C17H13NO3S2. The zero-order valence-electron chi connectivity index (χ0n) is 12.3. The number of thioether (sulfide) groups is 1. The molecule has 0 unspecified atom stereocenters. The molecule has 0 aliphatic carbocycles. The largest absolute Gasteiger partial charge is 0.497 e. The van der Waals surface area contributed by atoms with Gasteiger partial charge < -0.3 is 9.15 Å². The molecule has 0 atom stereocenters. The molecule has 1 aliphatic heterocycles. The fraction of sp³-hybridized carbons (Fsp3) is 0.0588. The van der Waals surface area contributed by atoms with Crippen molar-refractivity contribution >= 4 is 46.0 Å². The van der Waals surface area contributed by atoms with E-state index in [1.54, 1.807) is 43.7 Å². The van der Waals surface area contributed by atoms with Crippen LogP contribution in [0, 0.1) is 0 Å². The highest BCUT2D eigenvalue weighted by atomic mass is 32.2. The number of carbonyl (C=O) groups is 1. The third kappa shape index (κ3) is 3.38. The van der Waals surface area contributed by atoms with E-state index in [9.17, 15) is 4.79 Å². The Morgan fingerprint density at radius 1 is 1.26 bits per heavy atom. The van der Waals surface area contributed by atoms with E-state index in [4.69, 9.17) is 21.4 Å². The van der Waals surface area contributed by atoms with Crippen LogP contribution in [0.3, 0.4) is 0 Å².